The standard InChI is InChI=1S/C19H23N7/c1-24(13-19-23-21-17-8-4-5-9-26(17)19)15-11-25(12-15)18-10-14-6-2-3-7-16(14)20-22-18/h4-5,8-10,15H,2-3,6-7,11-13H2,1H3. The molecule has 26 heavy (non-hydrogen) atoms. The van der Waals surface area contributed by atoms with E-state index in [9.17, 15) is 0 Å². The predicted molar refractivity (Wildman–Crippen MR) is 99.1 cm³/mol. The van der Waals surface area contributed by atoms with Gasteiger partial charge in [-0.25, -0.2) is 0 Å². The van der Waals surface area contributed by atoms with Crippen LogP contribution in [0, 0.1) is 0 Å². The van der Waals surface area contributed by atoms with E-state index in [1.54, 1.807) is 0 Å². The summed E-state index contributed by atoms with van der Waals surface area (Å²) in [5.41, 5.74) is 3.50. The molecule has 3 aromatic rings. The smallest absolute Gasteiger partial charge is 0.160 e. The summed E-state index contributed by atoms with van der Waals surface area (Å²) in [6.07, 6.45) is 6.77. The van der Waals surface area contributed by atoms with Crippen LogP contribution in [-0.2, 0) is 19.4 Å². The maximum absolute atomic E-state index is 4.46. The molecule has 0 amide bonds. The lowest BCUT2D eigenvalue weighted by Crippen LogP contribution is -2.58. The molecule has 134 valence electrons. The normalized spacial score (nSPS) is 17.5. The van der Waals surface area contributed by atoms with Crippen LogP contribution in [0.15, 0.2) is 30.5 Å². The number of aromatic nitrogens is 5. The second-order valence-corrected chi connectivity index (χ2v) is 7.40. The van der Waals surface area contributed by atoms with Gasteiger partial charge in [0.1, 0.15) is 0 Å². The fourth-order valence-electron chi connectivity index (χ4n) is 3.91. The number of hydrogen-bond acceptors (Lipinski definition) is 6. The lowest BCUT2D eigenvalue weighted by molar-refractivity contribution is 0.192. The minimum atomic E-state index is 0.504. The van der Waals surface area contributed by atoms with Crippen LogP contribution in [0.1, 0.15) is 29.9 Å². The van der Waals surface area contributed by atoms with E-state index in [0.29, 0.717) is 6.04 Å². The summed E-state index contributed by atoms with van der Waals surface area (Å²) >= 11 is 0. The molecule has 0 spiro atoms. The molecule has 5 rings (SSSR count). The van der Waals surface area contributed by atoms with Crippen molar-refractivity contribution in [1.29, 1.82) is 0 Å². The van der Waals surface area contributed by atoms with Crippen LogP contribution in [0.2, 0.25) is 0 Å². The zero-order chi connectivity index (χ0) is 17.5. The first-order valence-corrected chi connectivity index (χ1v) is 9.37. The molecule has 0 unspecified atom stereocenters. The van der Waals surface area contributed by atoms with Crippen LogP contribution < -0.4 is 4.90 Å². The quantitative estimate of drug-likeness (QED) is 0.715. The van der Waals surface area contributed by atoms with Crippen molar-refractivity contribution in [3.63, 3.8) is 0 Å². The van der Waals surface area contributed by atoms with Crippen molar-refractivity contribution in [3.05, 3.63) is 47.5 Å². The Balaban J connectivity index is 1.24. The van der Waals surface area contributed by atoms with Crippen LogP contribution in [0.4, 0.5) is 5.82 Å². The Morgan fingerprint density at radius 2 is 1.96 bits per heavy atom. The lowest BCUT2D eigenvalue weighted by atomic mass is 9.96. The zero-order valence-electron chi connectivity index (χ0n) is 15.0. The van der Waals surface area contributed by atoms with E-state index in [0.717, 1.165) is 49.8 Å². The van der Waals surface area contributed by atoms with Crippen molar-refractivity contribution < 1.29 is 0 Å². The maximum Gasteiger partial charge on any atom is 0.160 e. The van der Waals surface area contributed by atoms with Crippen LogP contribution in [0.25, 0.3) is 5.65 Å². The molecule has 2 aliphatic rings. The van der Waals surface area contributed by atoms with Gasteiger partial charge in [0, 0.05) is 25.3 Å². The van der Waals surface area contributed by atoms with E-state index in [1.165, 1.54) is 24.1 Å². The van der Waals surface area contributed by atoms with E-state index in [2.05, 4.69) is 47.7 Å². The summed E-state index contributed by atoms with van der Waals surface area (Å²) in [6, 6.07) is 8.74. The van der Waals surface area contributed by atoms with Gasteiger partial charge in [-0.1, -0.05) is 6.07 Å². The molecule has 1 fully saturated rings. The highest BCUT2D eigenvalue weighted by molar-refractivity contribution is 5.45. The molecule has 0 aromatic carbocycles. The van der Waals surface area contributed by atoms with Crippen LogP contribution >= 0.6 is 0 Å². The van der Waals surface area contributed by atoms with Gasteiger partial charge >= 0.3 is 0 Å². The molecule has 0 N–H and O–H groups in total. The van der Waals surface area contributed by atoms with Crippen molar-refractivity contribution >= 4 is 11.5 Å². The molecule has 7 heteroatoms. The van der Waals surface area contributed by atoms with Gasteiger partial charge in [0.05, 0.1) is 12.2 Å². The number of anilines is 1. The van der Waals surface area contributed by atoms with Gasteiger partial charge in [0.15, 0.2) is 17.3 Å². The Kier molecular flexibility index (Phi) is 3.81. The maximum atomic E-state index is 4.46. The van der Waals surface area contributed by atoms with Gasteiger partial charge in [0.25, 0.3) is 0 Å². The first-order chi connectivity index (χ1) is 12.8. The third-order valence-electron chi connectivity index (χ3n) is 5.64. The molecule has 3 aromatic heterocycles. The summed E-state index contributed by atoms with van der Waals surface area (Å²) in [4.78, 5) is 4.68. The monoisotopic (exact) mass is 349 g/mol. The summed E-state index contributed by atoms with van der Waals surface area (Å²) < 4.78 is 2.06. The highest BCUT2D eigenvalue weighted by Gasteiger charge is 2.32. The molecule has 7 nitrogen and oxygen atoms in total. The van der Waals surface area contributed by atoms with Gasteiger partial charge in [-0.05, 0) is 56.5 Å². The fraction of sp³-hybridized carbons (Fsp3) is 0.474. The number of hydrogen-bond donors (Lipinski definition) is 0. The molecular weight excluding hydrogens is 326 g/mol. The molecule has 1 aliphatic carbocycles. The topological polar surface area (TPSA) is 62.5 Å². The van der Waals surface area contributed by atoms with Crippen molar-refractivity contribution in [2.45, 2.75) is 38.3 Å². The molecular formula is C19H23N7. The van der Waals surface area contributed by atoms with Crippen molar-refractivity contribution in [1.82, 2.24) is 29.7 Å². The Morgan fingerprint density at radius 3 is 2.88 bits per heavy atom. The Bertz CT molecular complexity index is 929. The highest BCUT2D eigenvalue weighted by atomic mass is 15.4. The third-order valence-corrected chi connectivity index (χ3v) is 5.64. The van der Waals surface area contributed by atoms with Crippen LogP contribution in [0.3, 0.4) is 0 Å². The highest BCUT2D eigenvalue weighted by Crippen LogP contribution is 2.26. The van der Waals surface area contributed by atoms with E-state index in [4.69, 9.17) is 0 Å². The summed E-state index contributed by atoms with van der Waals surface area (Å²) in [5.74, 6) is 2.01. The van der Waals surface area contributed by atoms with Gasteiger partial charge in [-0.15, -0.1) is 15.3 Å². The minimum absolute atomic E-state index is 0.504. The number of aryl methyl sites for hydroxylation is 2. The molecule has 0 saturated carbocycles. The first kappa shape index (κ1) is 15.7. The number of pyridine rings is 1. The zero-order valence-corrected chi connectivity index (χ0v) is 15.0. The Labute approximate surface area is 152 Å². The molecule has 1 aliphatic heterocycles. The Hall–Kier alpha value is -2.54. The molecule has 1 saturated heterocycles. The predicted octanol–water partition coefficient (Wildman–Crippen LogP) is 1.72. The van der Waals surface area contributed by atoms with Crippen molar-refractivity contribution in [3.8, 4) is 0 Å². The van der Waals surface area contributed by atoms with E-state index in [1.807, 2.05) is 24.4 Å². The van der Waals surface area contributed by atoms with E-state index in [-0.39, 0.29) is 0 Å². The minimum Gasteiger partial charge on any atom is -0.352 e. The molecule has 4 heterocycles. The Morgan fingerprint density at radius 1 is 1.08 bits per heavy atom. The van der Waals surface area contributed by atoms with Gasteiger partial charge in [-0.2, -0.15) is 5.10 Å². The second kappa shape index (κ2) is 6.32. The molecule has 0 atom stereocenters. The first-order valence-electron chi connectivity index (χ1n) is 9.37. The average Bonchev–Trinajstić information content (AvgIpc) is 3.03. The van der Waals surface area contributed by atoms with Crippen molar-refractivity contribution in [2.24, 2.45) is 0 Å². The van der Waals surface area contributed by atoms with Gasteiger partial charge in [-0.3, -0.25) is 9.30 Å². The summed E-state index contributed by atoms with van der Waals surface area (Å²) in [6.45, 7) is 2.76. The second-order valence-electron chi connectivity index (χ2n) is 7.40. The van der Waals surface area contributed by atoms with E-state index < -0.39 is 0 Å². The molecule has 0 radical (unpaired) electrons. The fourth-order valence-corrected chi connectivity index (χ4v) is 3.91. The van der Waals surface area contributed by atoms with E-state index >= 15 is 0 Å². The number of fused-ring (bicyclic) bond motifs is 2. The van der Waals surface area contributed by atoms with Gasteiger partial charge in [0.2, 0.25) is 0 Å². The summed E-state index contributed by atoms with van der Waals surface area (Å²) in [7, 11) is 2.16. The van der Waals surface area contributed by atoms with Crippen LogP contribution in [-0.4, -0.2) is 55.9 Å². The largest absolute Gasteiger partial charge is 0.352 e. The van der Waals surface area contributed by atoms with Crippen LogP contribution in [0.5, 0.6) is 0 Å². The SMILES string of the molecule is CN(Cc1nnc2ccccn12)C1CN(c2cc3c(nn2)CCCC3)C1. The lowest BCUT2D eigenvalue weighted by Gasteiger charge is -2.44. The van der Waals surface area contributed by atoms with Gasteiger partial charge < -0.3 is 4.90 Å². The summed E-state index contributed by atoms with van der Waals surface area (Å²) in [5, 5.41) is 17.5. The van der Waals surface area contributed by atoms with Crippen molar-refractivity contribution in [2.75, 3.05) is 25.0 Å². The molecule has 0 bridgehead atoms. The third kappa shape index (κ3) is 2.72. The average molecular weight is 349 g/mol. The number of nitrogens with zero attached hydrogens (tertiary/aromatic N) is 7. The number of rotatable bonds is 4. The number of likely N-dealkylation sites (N-methyl/N-ethyl adjacent to an activating group) is 1.